The maximum absolute atomic E-state index is 13.9. The van der Waals surface area contributed by atoms with Gasteiger partial charge in [0, 0.05) is 28.4 Å². The first kappa shape index (κ1) is 32.0. The van der Waals surface area contributed by atoms with Gasteiger partial charge in [-0.3, -0.25) is 4.79 Å². The summed E-state index contributed by atoms with van der Waals surface area (Å²) >= 11 is 0. The summed E-state index contributed by atoms with van der Waals surface area (Å²) in [7, 11) is 5.86. The molecule has 3 aliphatic heterocycles. The fourth-order valence-electron chi connectivity index (χ4n) is 4.94. The third kappa shape index (κ3) is 6.07. The second kappa shape index (κ2) is 11.6. The molecule has 0 radical (unpaired) electrons. The van der Waals surface area contributed by atoms with Gasteiger partial charge in [-0.1, -0.05) is 0 Å². The molecular formula is C31H42O11. The van der Waals surface area contributed by atoms with Gasteiger partial charge in [-0.25, -0.2) is 4.79 Å². The SMILES string of the molecule is CO[C@H]1O[C@H](C(=O)Oc2c3c(c(OC(=O)C(C)(C)C)c4c2C=CC(C)(C)O4)OC(C)(C)C=C3)[C@@H](OC)[C@H](OC)[C@H]1OC. The van der Waals surface area contributed by atoms with Crippen LogP contribution in [0.15, 0.2) is 12.2 Å². The Morgan fingerprint density at radius 2 is 1.21 bits per heavy atom. The van der Waals surface area contributed by atoms with E-state index in [1.54, 1.807) is 32.9 Å². The summed E-state index contributed by atoms with van der Waals surface area (Å²) in [4.78, 5) is 27.0. The van der Waals surface area contributed by atoms with Crippen LogP contribution in [0.4, 0.5) is 0 Å². The third-order valence-corrected chi connectivity index (χ3v) is 7.21. The molecule has 0 unspecified atom stereocenters. The lowest BCUT2D eigenvalue weighted by atomic mass is 9.94. The van der Waals surface area contributed by atoms with Gasteiger partial charge >= 0.3 is 11.9 Å². The standard InChI is InChI=1S/C31H42O11/c1-29(2,3)28(33)40-23-19-16(12-14-30(4,5)41-19)18(17-13-15-31(6,7)42-20(17)23)38-26(32)24-21(34-8)22(35-9)25(36-10)27(37-11)39-24/h12-15,21-22,24-25,27H,1-11H3/t21-,22-,24-,25+,27-/m0/s1. The molecule has 11 nitrogen and oxygen atoms in total. The molecule has 0 amide bonds. The van der Waals surface area contributed by atoms with E-state index in [2.05, 4.69) is 0 Å². The van der Waals surface area contributed by atoms with Crippen molar-refractivity contribution in [3.63, 3.8) is 0 Å². The van der Waals surface area contributed by atoms with E-state index in [1.165, 1.54) is 28.4 Å². The number of methoxy groups -OCH3 is 4. The van der Waals surface area contributed by atoms with Crippen LogP contribution in [0.25, 0.3) is 12.2 Å². The van der Waals surface area contributed by atoms with Crippen LogP contribution in [-0.4, -0.2) is 82.3 Å². The van der Waals surface area contributed by atoms with E-state index in [1.807, 2.05) is 39.8 Å². The van der Waals surface area contributed by atoms with Gasteiger partial charge in [-0.15, -0.1) is 0 Å². The van der Waals surface area contributed by atoms with Gasteiger partial charge in [0.05, 0.1) is 16.5 Å². The molecule has 42 heavy (non-hydrogen) atoms. The van der Waals surface area contributed by atoms with Gasteiger partial charge in [0.25, 0.3) is 0 Å². The van der Waals surface area contributed by atoms with Crippen LogP contribution in [0.2, 0.25) is 0 Å². The van der Waals surface area contributed by atoms with Gasteiger partial charge in [0.15, 0.2) is 29.6 Å². The molecule has 4 rings (SSSR count). The van der Waals surface area contributed by atoms with Gasteiger partial charge in [-0.05, 0) is 72.8 Å². The second-order valence-electron chi connectivity index (χ2n) is 12.5. The minimum Gasteiger partial charge on any atom is -0.479 e. The highest BCUT2D eigenvalue weighted by atomic mass is 16.7. The highest BCUT2D eigenvalue weighted by Gasteiger charge is 2.51. The number of esters is 2. The Hall–Kier alpha value is -2.96. The summed E-state index contributed by atoms with van der Waals surface area (Å²) in [5, 5.41) is 0. The zero-order valence-corrected chi connectivity index (χ0v) is 26.2. The van der Waals surface area contributed by atoms with Gasteiger partial charge < -0.3 is 42.6 Å². The molecule has 1 aromatic rings. The fraction of sp³-hybridized carbons (Fsp3) is 0.613. The number of ether oxygens (including phenoxy) is 9. The van der Waals surface area contributed by atoms with Crippen LogP contribution in [0, 0.1) is 5.41 Å². The Morgan fingerprint density at radius 3 is 1.64 bits per heavy atom. The smallest absolute Gasteiger partial charge is 0.343 e. The number of hydrogen-bond acceptors (Lipinski definition) is 11. The molecule has 232 valence electrons. The number of hydrogen-bond donors (Lipinski definition) is 0. The van der Waals surface area contributed by atoms with Crippen molar-refractivity contribution in [2.45, 2.75) is 90.4 Å². The summed E-state index contributed by atoms with van der Waals surface area (Å²) in [5.74, 6) is -0.560. The Balaban J connectivity index is 1.86. The van der Waals surface area contributed by atoms with Crippen molar-refractivity contribution in [3.8, 4) is 23.0 Å². The molecule has 0 spiro atoms. The number of carbonyl (C=O) groups is 2. The van der Waals surface area contributed by atoms with Crippen LogP contribution < -0.4 is 18.9 Å². The lowest BCUT2D eigenvalue weighted by molar-refractivity contribution is -0.298. The topological polar surface area (TPSA) is 117 Å². The first-order valence-corrected chi connectivity index (χ1v) is 13.8. The van der Waals surface area contributed by atoms with Gasteiger partial charge in [0.1, 0.15) is 29.5 Å². The summed E-state index contributed by atoms with van der Waals surface area (Å²) in [6.45, 7) is 12.7. The number of benzene rings is 1. The van der Waals surface area contributed by atoms with Crippen molar-refractivity contribution < 1.29 is 52.2 Å². The number of carbonyl (C=O) groups excluding carboxylic acids is 2. The Kier molecular flexibility index (Phi) is 8.84. The third-order valence-electron chi connectivity index (χ3n) is 7.21. The highest BCUT2D eigenvalue weighted by Crippen LogP contribution is 2.55. The molecule has 3 aliphatic rings. The number of fused-ring (bicyclic) bond motifs is 2. The van der Waals surface area contributed by atoms with Gasteiger partial charge in [0.2, 0.25) is 5.75 Å². The quantitative estimate of drug-likeness (QED) is 0.334. The molecule has 1 fully saturated rings. The van der Waals surface area contributed by atoms with E-state index >= 15 is 0 Å². The summed E-state index contributed by atoms with van der Waals surface area (Å²) in [6, 6.07) is 0. The average molecular weight is 591 g/mol. The lowest BCUT2D eigenvalue weighted by Gasteiger charge is -2.43. The predicted molar refractivity (Wildman–Crippen MR) is 153 cm³/mol. The molecule has 0 N–H and O–H groups in total. The average Bonchev–Trinajstić information content (AvgIpc) is 2.91. The first-order valence-electron chi connectivity index (χ1n) is 13.8. The van der Waals surface area contributed by atoms with Gasteiger partial charge in [-0.2, -0.15) is 0 Å². The molecule has 0 saturated carbocycles. The largest absolute Gasteiger partial charge is 0.479 e. The molecule has 5 atom stereocenters. The summed E-state index contributed by atoms with van der Waals surface area (Å²) in [6.07, 6.45) is 2.78. The Labute approximate surface area is 247 Å². The monoisotopic (exact) mass is 590 g/mol. The van der Waals surface area contributed by atoms with Crippen LogP contribution >= 0.6 is 0 Å². The lowest BCUT2D eigenvalue weighted by Crippen LogP contribution is -2.62. The second-order valence-corrected chi connectivity index (χ2v) is 12.5. The maximum Gasteiger partial charge on any atom is 0.343 e. The normalized spacial score (nSPS) is 27.3. The molecule has 1 aromatic carbocycles. The van der Waals surface area contributed by atoms with Crippen LogP contribution in [-0.2, 0) is 33.3 Å². The van der Waals surface area contributed by atoms with Crippen molar-refractivity contribution in [2.24, 2.45) is 5.41 Å². The van der Waals surface area contributed by atoms with E-state index in [4.69, 9.17) is 42.6 Å². The molecule has 0 aliphatic carbocycles. The predicted octanol–water partition coefficient (Wildman–Crippen LogP) is 4.33. The van der Waals surface area contributed by atoms with Crippen molar-refractivity contribution in [3.05, 3.63) is 23.3 Å². The summed E-state index contributed by atoms with van der Waals surface area (Å²) in [5.41, 5.74) is -1.53. The Morgan fingerprint density at radius 1 is 0.714 bits per heavy atom. The minimum absolute atomic E-state index is 0.111. The van der Waals surface area contributed by atoms with E-state index < -0.39 is 59.3 Å². The van der Waals surface area contributed by atoms with E-state index in [-0.39, 0.29) is 23.0 Å². The molecule has 11 heteroatoms. The molecular weight excluding hydrogens is 548 g/mol. The van der Waals surface area contributed by atoms with Crippen molar-refractivity contribution in [1.29, 1.82) is 0 Å². The van der Waals surface area contributed by atoms with Crippen molar-refractivity contribution in [1.82, 2.24) is 0 Å². The molecule has 0 bridgehead atoms. The minimum atomic E-state index is -1.24. The Bertz CT molecular complexity index is 1220. The van der Waals surface area contributed by atoms with Crippen LogP contribution in [0.1, 0.15) is 59.6 Å². The zero-order valence-electron chi connectivity index (χ0n) is 26.2. The first-order chi connectivity index (χ1) is 19.6. The maximum atomic E-state index is 13.9. The molecule has 3 heterocycles. The summed E-state index contributed by atoms with van der Waals surface area (Å²) < 4.78 is 53.0. The fourth-order valence-corrected chi connectivity index (χ4v) is 4.94. The van der Waals surface area contributed by atoms with E-state index in [0.29, 0.717) is 11.1 Å². The highest BCUT2D eigenvalue weighted by molar-refractivity contribution is 5.90. The molecule has 0 aromatic heterocycles. The van der Waals surface area contributed by atoms with Crippen molar-refractivity contribution >= 4 is 24.1 Å². The van der Waals surface area contributed by atoms with Crippen LogP contribution in [0.5, 0.6) is 23.0 Å². The number of rotatable bonds is 7. The zero-order chi connectivity index (χ0) is 31.2. The van der Waals surface area contributed by atoms with Crippen LogP contribution in [0.3, 0.4) is 0 Å². The molecule has 1 saturated heterocycles. The van der Waals surface area contributed by atoms with Crippen molar-refractivity contribution in [2.75, 3.05) is 28.4 Å². The van der Waals surface area contributed by atoms with E-state index in [0.717, 1.165) is 0 Å². The van der Waals surface area contributed by atoms with E-state index in [9.17, 15) is 9.59 Å².